The maximum absolute atomic E-state index is 2.43. The topological polar surface area (TPSA) is 8.17 Å². The van der Waals surface area contributed by atoms with Gasteiger partial charge in [0.05, 0.1) is 11.0 Å². The second-order valence-electron chi connectivity index (χ2n) is 14.2. The molecule has 0 saturated carbocycles. The molecule has 10 aromatic rings. The monoisotopic (exact) mass is 690 g/mol. The zero-order valence-corrected chi connectivity index (χ0v) is 30.4. The first kappa shape index (κ1) is 31.8. The van der Waals surface area contributed by atoms with Crippen LogP contribution in [0.2, 0.25) is 0 Å². The highest BCUT2D eigenvalue weighted by Crippen LogP contribution is 2.47. The molecule has 0 radical (unpaired) electrons. The summed E-state index contributed by atoms with van der Waals surface area (Å²) in [5.41, 5.74) is 14.5. The first-order valence-corrected chi connectivity index (χ1v) is 18.7. The van der Waals surface area contributed by atoms with Crippen LogP contribution >= 0.6 is 0 Å². The number of aromatic nitrogens is 1. The molecule has 0 N–H and O–H groups in total. The number of fused-ring (bicyclic) bond motifs is 5. The Bertz CT molecular complexity index is 2940. The first-order chi connectivity index (χ1) is 26.7. The number of aryl methyl sites for hydroxylation is 2. The van der Waals surface area contributed by atoms with Gasteiger partial charge in [-0.2, -0.15) is 0 Å². The molecule has 0 spiro atoms. The third kappa shape index (κ3) is 5.10. The number of para-hydroxylation sites is 3. The fourth-order valence-electron chi connectivity index (χ4n) is 8.61. The Balaban J connectivity index is 1.19. The molecule has 0 saturated heterocycles. The summed E-state index contributed by atoms with van der Waals surface area (Å²) in [6.07, 6.45) is 0. The molecule has 0 fully saturated rings. The molecule has 0 amide bonds. The minimum atomic E-state index is 1.13. The molecule has 0 unspecified atom stereocenters. The molecule has 0 aliphatic heterocycles. The minimum absolute atomic E-state index is 1.13. The van der Waals surface area contributed by atoms with E-state index in [1.165, 1.54) is 82.4 Å². The number of nitrogens with zero attached hydrogens (tertiary/aromatic N) is 2. The van der Waals surface area contributed by atoms with Crippen LogP contribution in [0.1, 0.15) is 11.1 Å². The van der Waals surface area contributed by atoms with Crippen molar-refractivity contribution >= 4 is 60.4 Å². The van der Waals surface area contributed by atoms with Crippen LogP contribution in [0.5, 0.6) is 0 Å². The van der Waals surface area contributed by atoms with Gasteiger partial charge in [-0.3, -0.25) is 0 Å². The Hall–Kier alpha value is -6.90. The van der Waals surface area contributed by atoms with E-state index in [9.17, 15) is 0 Å². The molecule has 1 aromatic heterocycles. The van der Waals surface area contributed by atoms with E-state index in [2.05, 4.69) is 217 Å². The molecule has 0 aliphatic rings. The maximum Gasteiger partial charge on any atom is 0.0542 e. The maximum atomic E-state index is 2.43. The molecule has 2 heteroatoms. The molecule has 1 heterocycles. The van der Waals surface area contributed by atoms with Crippen LogP contribution in [0, 0.1) is 13.8 Å². The van der Waals surface area contributed by atoms with Crippen molar-refractivity contribution < 1.29 is 0 Å². The Kier molecular flexibility index (Phi) is 7.63. The summed E-state index contributed by atoms with van der Waals surface area (Å²) in [5, 5.41) is 7.55. The van der Waals surface area contributed by atoms with Crippen LogP contribution in [0.3, 0.4) is 0 Å². The summed E-state index contributed by atoms with van der Waals surface area (Å²) in [6.45, 7) is 4.53. The highest BCUT2D eigenvalue weighted by molar-refractivity contribution is 6.21. The van der Waals surface area contributed by atoms with Crippen molar-refractivity contribution in [2.75, 3.05) is 4.90 Å². The number of benzene rings is 9. The normalized spacial score (nSPS) is 11.5. The van der Waals surface area contributed by atoms with Gasteiger partial charge in [-0.1, -0.05) is 133 Å². The van der Waals surface area contributed by atoms with Gasteiger partial charge in [-0.25, -0.2) is 0 Å². The Morgan fingerprint density at radius 2 is 0.889 bits per heavy atom. The predicted octanol–water partition coefficient (Wildman–Crippen LogP) is 14.5. The van der Waals surface area contributed by atoms with Crippen molar-refractivity contribution in [2.45, 2.75) is 13.8 Å². The van der Waals surface area contributed by atoms with Gasteiger partial charge in [0.15, 0.2) is 0 Å². The standard InChI is InChI=1S/C52H38N2/c1-35-33-50(36(2)32-46(35)52-44-27-14-12-25-42(44)51(37-18-6-3-7-19-37)43-26-13-15-28-45(43)52)53(38-20-8-4-9-21-38)40-30-31-49-47(34-40)41-24-16-17-29-48(41)54(49)39-22-10-5-11-23-39/h3-34H,1-2H3. The Morgan fingerprint density at radius 3 is 1.54 bits per heavy atom. The number of hydrogen-bond donors (Lipinski definition) is 0. The molecule has 0 aliphatic carbocycles. The Morgan fingerprint density at radius 1 is 0.370 bits per heavy atom. The van der Waals surface area contributed by atoms with Gasteiger partial charge in [-0.15, -0.1) is 0 Å². The summed E-state index contributed by atoms with van der Waals surface area (Å²) >= 11 is 0. The third-order valence-electron chi connectivity index (χ3n) is 11.0. The molecule has 10 rings (SSSR count). The molecule has 0 atom stereocenters. The second kappa shape index (κ2) is 12.9. The molecule has 2 nitrogen and oxygen atoms in total. The van der Waals surface area contributed by atoms with E-state index in [1.54, 1.807) is 0 Å². The zero-order chi connectivity index (χ0) is 36.2. The molecule has 0 bridgehead atoms. The fraction of sp³-hybridized carbons (Fsp3) is 0.0385. The van der Waals surface area contributed by atoms with E-state index in [4.69, 9.17) is 0 Å². The molecule has 54 heavy (non-hydrogen) atoms. The highest BCUT2D eigenvalue weighted by atomic mass is 15.1. The lowest BCUT2D eigenvalue weighted by Crippen LogP contribution is -2.12. The summed E-state index contributed by atoms with van der Waals surface area (Å²) in [4.78, 5) is 2.43. The number of anilines is 3. The lowest BCUT2D eigenvalue weighted by atomic mass is 9.84. The number of rotatable bonds is 6. The average molecular weight is 691 g/mol. The second-order valence-corrected chi connectivity index (χ2v) is 14.2. The van der Waals surface area contributed by atoms with E-state index in [0.29, 0.717) is 0 Å². The van der Waals surface area contributed by atoms with Gasteiger partial charge in [0.2, 0.25) is 0 Å². The lowest BCUT2D eigenvalue weighted by Gasteiger charge is -2.28. The fourth-order valence-corrected chi connectivity index (χ4v) is 8.61. The quantitative estimate of drug-likeness (QED) is 0.158. The third-order valence-corrected chi connectivity index (χ3v) is 11.0. The van der Waals surface area contributed by atoms with Crippen LogP contribution < -0.4 is 4.90 Å². The average Bonchev–Trinajstić information content (AvgIpc) is 3.56. The van der Waals surface area contributed by atoms with Crippen molar-refractivity contribution in [3.05, 3.63) is 205 Å². The van der Waals surface area contributed by atoms with E-state index < -0.39 is 0 Å². The summed E-state index contributed by atoms with van der Waals surface area (Å²) in [7, 11) is 0. The number of hydrogen-bond acceptors (Lipinski definition) is 1. The largest absolute Gasteiger partial charge is 0.310 e. The van der Waals surface area contributed by atoms with Gasteiger partial charge in [0.1, 0.15) is 0 Å². The molecule has 256 valence electrons. The van der Waals surface area contributed by atoms with Gasteiger partial charge in [0, 0.05) is 33.5 Å². The minimum Gasteiger partial charge on any atom is -0.310 e. The van der Waals surface area contributed by atoms with Gasteiger partial charge in [0.25, 0.3) is 0 Å². The van der Waals surface area contributed by atoms with E-state index in [-0.39, 0.29) is 0 Å². The molecule has 9 aromatic carbocycles. The lowest BCUT2D eigenvalue weighted by molar-refractivity contribution is 1.18. The van der Waals surface area contributed by atoms with Crippen molar-refractivity contribution in [2.24, 2.45) is 0 Å². The summed E-state index contributed by atoms with van der Waals surface area (Å²) < 4.78 is 2.38. The van der Waals surface area contributed by atoms with Crippen LogP contribution in [-0.4, -0.2) is 4.57 Å². The summed E-state index contributed by atoms with van der Waals surface area (Å²) in [5.74, 6) is 0. The van der Waals surface area contributed by atoms with Crippen molar-refractivity contribution in [3.63, 3.8) is 0 Å². The van der Waals surface area contributed by atoms with Gasteiger partial charge >= 0.3 is 0 Å². The van der Waals surface area contributed by atoms with Crippen LogP contribution in [0.25, 0.3) is 71.3 Å². The van der Waals surface area contributed by atoms with Crippen LogP contribution in [-0.2, 0) is 0 Å². The van der Waals surface area contributed by atoms with Crippen molar-refractivity contribution in [3.8, 4) is 27.9 Å². The van der Waals surface area contributed by atoms with Crippen molar-refractivity contribution in [1.29, 1.82) is 0 Å². The zero-order valence-electron chi connectivity index (χ0n) is 30.4. The van der Waals surface area contributed by atoms with E-state index >= 15 is 0 Å². The van der Waals surface area contributed by atoms with Gasteiger partial charge in [-0.05, 0) is 129 Å². The van der Waals surface area contributed by atoms with Crippen molar-refractivity contribution in [1.82, 2.24) is 4.57 Å². The van der Waals surface area contributed by atoms with E-state index in [1.807, 2.05) is 0 Å². The summed E-state index contributed by atoms with van der Waals surface area (Å²) in [6, 6.07) is 70.6. The molecular formula is C52H38N2. The van der Waals surface area contributed by atoms with E-state index in [0.717, 1.165) is 17.1 Å². The first-order valence-electron chi connectivity index (χ1n) is 18.7. The van der Waals surface area contributed by atoms with Crippen LogP contribution in [0.15, 0.2) is 194 Å². The Labute approximate surface area is 315 Å². The van der Waals surface area contributed by atoms with Gasteiger partial charge < -0.3 is 9.47 Å². The van der Waals surface area contributed by atoms with Crippen LogP contribution in [0.4, 0.5) is 17.1 Å². The molecular weight excluding hydrogens is 653 g/mol. The predicted molar refractivity (Wildman–Crippen MR) is 231 cm³/mol. The SMILES string of the molecule is Cc1cc(N(c2ccccc2)c2ccc3c(c2)c2ccccc2n3-c2ccccc2)c(C)cc1-c1c2ccccc2c(-c2ccccc2)c2ccccc12. The smallest absolute Gasteiger partial charge is 0.0542 e. The highest BCUT2D eigenvalue weighted by Gasteiger charge is 2.22.